The largest absolute Gasteiger partial charge is 0.353 e. The van der Waals surface area contributed by atoms with E-state index < -0.39 is 10.0 Å². The summed E-state index contributed by atoms with van der Waals surface area (Å²) in [5.74, 6) is 0.190. The quantitative estimate of drug-likeness (QED) is 0.779. The zero-order chi connectivity index (χ0) is 12.2. The summed E-state index contributed by atoms with van der Waals surface area (Å²) in [5.41, 5.74) is 0. The van der Waals surface area contributed by atoms with Crippen LogP contribution >= 0.6 is 0 Å². The minimum atomic E-state index is -3.06. The van der Waals surface area contributed by atoms with Crippen molar-refractivity contribution in [1.82, 2.24) is 9.62 Å². The second-order valence-corrected chi connectivity index (χ2v) is 6.25. The Morgan fingerprint density at radius 2 is 1.88 bits per heavy atom. The van der Waals surface area contributed by atoms with Gasteiger partial charge in [-0.3, -0.25) is 4.79 Å². The average Bonchev–Trinajstić information content (AvgIpc) is 2.29. The van der Waals surface area contributed by atoms with E-state index in [4.69, 9.17) is 0 Å². The van der Waals surface area contributed by atoms with Crippen LogP contribution in [0.4, 0.5) is 0 Å². The van der Waals surface area contributed by atoms with Crippen LogP contribution in [0.3, 0.4) is 0 Å². The summed E-state index contributed by atoms with van der Waals surface area (Å²) in [4.78, 5) is 11.2. The molecule has 0 saturated carbocycles. The lowest BCUT2D eigenvalue weighted by Crippen LogP contribution is -2.46. The van der Waals surface area contributed by atoms with Gasteiger partial charge in [-0.2, -0.15) is 0 Å². The highest BCUT2D eigenvalue weighted by atomic mass is 32.2. The second-order valence-electron chi connectivity index (χ2n) is 3.99. The first kappa shape index (κ1) is 13.4. The number of sulfonamides is 1. The highest BCUT2D eigenvalue weighted by molar-refractivity contribution is 7.89. The molecule has 1 N–H and O–H groups in total. The Kier molecular flexibility index (Phi) is 4.73. The van der Waals surface area contributed by atoms with Gasteiger partial charge in [0.1, 0.15) is 0 Å². The Morgan fingerprint density at radius 1 is 1.31 bits per heavy atom. The number of carbonyl (C=O) groups is 1. The fourth-order valence-corrected chi connectivity index (χ4v) is 2.92. The summed E-state index contributed by atoms with van der Waals surface area (Å²) >= 11 is 0. The SMILES string of the molecule is CCC(=O)NC1CCN(S(=O)(=O)CC)CC1. The summed E-state index contributed by atoms with van der Waals surface area (Å²) in [6.07, 6.45) is 1.91. The fraction of sp³-hybridized carbons (Fsp3) is 0.900. The fourth-order valence-electron chi connectivity index (χ4n) is 1.79. The topological polar surface area (TPSA) is 66.5 Å². The molecule has 5 nitrogen and oxygen atoms in total. The third kappa shape index (κ3) is 3.45. The second kappa shape index (κ2) is 5.63. The molecule has 1 rings (SSSR count). The maximum atomic E-state index is 11.6. The number of hydrogen-bond acceptors (Lipinski definition) is 3. The van der Waals surface area contributed by atoms with Crippen LogP contribution in [-0.2, 0) is 14.8 Å². The lowest BCUT2D eigenvalue weighted by atomic mass is 10.1. The molecule has 1 aliphatic rings. The maximum Gasteiger partial charge on any atom is 0.219 e. The van der Waals surface area contributed by atoms with E-state index >= 15 is 0 Å². The molecule has 1 fully saturated rings. The van der Waals surface area contributed by atoms with Gasteiger partial charge in [-0.15, -0.1) is 0 Å². The molecule has 1 saturated heterocycles. The van der Waals surface area contributed by atoms with Crippen LogP contribution in [0.25, 0.3) is 0 Å². The molecule has 0 unspecified atom stereocenters. The molecule has 1 heterocycles. The highest BCUT2D eigenvalue weighted by Crippen LogP contribution is 2.14. The Labute approximate surface area is 97.2 Å². The first-order valence-corrected chi connectivity index (χ1v) is 7.37. The number of hydrogen-bond donors (Lipinski definition) is 1. The molecule has 0 aromatic rings. The summed E-state index contributed by atoms with van der Waals surface area (Å²) in [6, 6.07) is 0.135. The molecular formula is C10H20N2O3S. The van der Waals surface area contributed by atoms with Gasteiger partial charge in [0, 0.05) is 25.6 Å². The van der Waals surface area contributed by atoms with Gasteiger partial charge < -0.3 is 5.32 Å². The van der Waals surface area contributed by atoms with Crippen LogP contribution < -0.4 is 5.32 Å². The normalized spacial score (nSPS) is 19.6. The van der Waals surface area contributed by atoms with Crippen LogP contribution in [0.2, 0.25) is 0 Å². The van der Waals surface area contributed by atoms with Crippen LogP contribution in [0.1, 0.15) is 33.1 Å². The molecule has 94 valence electrons. The van der Waals surface area contributed by atoms with E-state index in [0.717, 1.165) is 0 Å². The lowest BCUT2D eigenvalue weighted by molar-refractivity contribution is -0.121. The van der Waals surface area contributed by atoms with E-state index in [-0.39, 0.29) is 17.7 Å². The van der Waals surface area contributed by atoms with Gasteiger partial charge in [0.2, 0.25) is 15.9 Å². The van der Waals surface area contributed by atoms with Crippen LogP contribution in [0, 0.1) is 0 Å². The molecule has 0 aromatic carbocycles. The number of nitrogens with one attached hydrogen (secondary N) is 1. The lowest BCUT2D eigenvalue weighted by Gasteiger charge is -2.31. The van der Waals surface area contributed by atoms with Crippen molar-refractivity contribution in [3.63, 3.8) is 0 Å². The van der Waals surface area contributed by atoms with Gasteiger partial charge in [-0.25, -0.2) is 12.7 Å². The summed E-state index contributed by atoms with van der Waals surface area (Å²) in [5, 5.41) is 2.90. The average molecular weight is 248 g/mol. The standard InChI is InChI=1S/C10H20N2O3S/c1-3-10(13)11-9-5-7-12(8-6-9)16(14,15)4-2/h9H,3-8H2,1-2H3,(H,11,13). The number of nitrogens with zero attached hydrogens (tertiary/aromatic N) is 1. The van der Waals surface area contributed by atoms with Crippen LogP contribution in [0.15, 0.2) is 0 Å². The van der Waals surface area contributed by atoms with E-state index in [1.165, 1.54) is 4.31 Å². The van der Waals surface area contributed by atoms with Gasteiger partial charge in [0.25, 0.3) is 0 Å². The Bertz CT molecular complexity index is 332. The molecule has 16 heavy (non-hydrogen) atoms. The van der Waals surface area contributed by atoms with E-state index in [9.17, 15) is 13.2 Å². The molecule has 0 bridgehead atoms. The number of rotatable bonds is 4. The summed E-state index contributed by atoms with van der Waals surface area (Å²) in [6.45, 7) is 4.50. The zero-order valence-corrected chi connectivity index (χ0v) is 10.7. The van der Waals surface area contributed by atoms with Crippen molar-refractivity contribution in [2.75, 3.05) is 18.8 Å². The van der Waals surface area contributed by atoms with Crippen molar-refractivity contribution in [3.05, 3.63) is 0 Å². The number of carbonyl (C=O) groups excluding carboxylic acids is 1. The highest BCUT2D eigenvalue weighted by Gasteiger charge is 2.26. The summed E-state index contributed by atoms with van der Waals surface area (Å²) in [7, 11) is -3.06. The third-order valence-electron chi connectivity index (χ3n) is 2.90. The van der Waals surface area contributed by atoms with E-state index in [1.807, 2.05) is 6.92 Å². The smallest absolute Gasteiger partial charge is 0.219 e. The van der Waals surface area contributed by atoms with Gasteiger partial charge in [-0.05, 0) is 19.8 Å². The minimum Gasteiger partial charge on any atom is -0.353 e. The molecule has 1 aliphatic heterocycles. The van der Waals surface area contributed by atoms with Crippen LogP contribution in [0.5, 0.6) is 0 Å². The Balaban J connectivity index is 2.43. The van der Waals surface area contributed by atoms with Crippen molar-refractivity contribution in [2.24, 2.45) is 0 Å². The zero-order valence-electron chi connectivity index (χ0n) is 9.90. The molecule has 0 aliphatic carbocycles. The minimum absolute atomic E-state index is 0.0387. The Hall–Kier alpha value is -0.620. The van der Waals surface area contributed by atoms with Crippen LogP contribution in [-0.4, -0.2) is 43.5 Å². The molecule has 0 aromatic heterocycles. The number of piperidine rings is 1. The van der Waals surface area contributed by atoms with E-state index in [1.54, 1.807) is 6.92 Å². The van der Waals surface area contributed by atoms with Crippen molar-refractivity contribution in [1.29, 1.82) is 0 Å². The summed E-state index contributed by atoms with van der Waals surface area (Å²) < 4.78 is 24.7. The van der Waals surface area contributed by atoms with Gasteiger partial charge >= 0.3 is 0 Å². The van der Waals surface area contributed by atoms with E-state index in [2.05, 4.69) is 5.32 Å². The van der Waals surface area contributed by atoms with Crippen molar-refractivity contribution >= 4 is 15.9 Å². The molecule has 6 heteroatoms. The van der Waals surface area contributed by atoms with E-state index in [0.29, 0.717) is 32.4 Å². The molecular weight excluding hydrogens is 228 g/mol. The third-order valence-corrected chi connectivity index (χ3v) is 4.78. The van der Waals surface area contributed by atoms with Crippen molar-refractivity contribution in [2.45, 2.75) is 39.2 Å². The van der Waals surface area contributed by atoms with Gasteiger partial charge in [-0.1, -0.05) is 6.92 Å². The Morgan fingerprint density at radius 3 is 2.31 bits per heavy atom. The molecule has 0 atom stereocenters. The monoisotopic (exact) mass is 248 g/mol. The first-order valence-electron chi connectivity index (χ1n) is 5.76. The number of amides is 1. The predicted molar refractivity (Wildman–Crippen MR) is 62.5 cm³/mol. The first-order chi connectivity index (χ1) is 7.49. The van der Waals surface area contributed by atoms with Crippen molar-refractivity contribution < 1.29 is 13.2 Å². The van der Waals surface area contributed by atoms with Gasteiger partial charge in [0.15, 0.2) is 0 Å². The molecule has 0 radical (unpaired) electrons. The maximum absolute atomic E-state index is 11.6. The van der Waals surface area contributed by atoms with Crippen molar-refractivity contribution in [3.8, 4) is 0 Å². The molecule has 1 amide bonds. The molecule has 0 spiro atoms. The van der Waals surface area contributed by atoms with Gasteiger partial charge in [0.05, 0.1) is 5.75 Å². The predicted octanol–water partition coefficient (Wildman–Crippen LogP) is 0.327.